The first kappa shape index (κ1) is 22.8. The van der Waals surface area contributed by atoms with Crippen molar-refractivity contribution in [2.24, 2.45) is 5.92 Å². The van der Waals surface area contributed by atoms with Crippen LogP contribution >= 0.6 is 0 Å². The van der Waals surface area contributed by atoms with E-state index >= 15 is 0 Å². The van der Waals surface area contributed by atoms with Crippen LogP contribution in [0.5, 0.6) is 0 Å². The van der Waals surface area contributed by atoms with E-state index in [0.29, 0.717) is 38.3 Å². The fourth-order valence-electron chi connectivity index (χ4n) is 4.97. The first-order valence-electron chi connectivity index (χ1n) is 12.0. The Labute approximate surface area is 205 Å². The van der Waals surface area contributed by atoms with Gasteiger partial charge in [0.2, 0.25) is 5.91 Å². The molecule has 2 aromatic heterocycles. The number of benzene rings is 2. The first-order valence-corrected chi connectivity index (χ1v) is 12.0. The average molecular weight is 468 g/mol. The van der Waals surface area contributed by atoms with Crippen molar-refractivity contribution < 1.29 is 9.59 Å². The van der Waals surface area contributed by atoms with Gasteiger partial charge in [0.25, 0.3) is 5.91 Å². The van der Waals surface area contributed by atoms with Crippen molar-refractivity contribution in [2.45, 2.75) is 19.9 Å². The van der Waals surface area contributed by atoms with Crippen molar-refractivity contribution in [1.29, 1.82) is 0 Å². The summed E-state index contributed by atoms with van der Waals surface area (Å²) in [6.45, 7) is 4.42. The molecule has 0 radical (unpaired) electrons. The van der Waals surface area contributed by atoms with E-state index in [4.69, 9.17) is 0 Å². The number of nitrogens with zero attached hydrogens (tertiary/aromatic N) is 5. The third-order valence-corrected chi connectivity index (χ3v) is 6.71. The maximum atomic E-state index is 13.8. The summed E-state index contributed by atoms with van der Waals surface area (Å²) in [6.07, 6.45) is 6.21. The van der Waals surface area contributed by atoms with Gasteiger partial charge in [-0.15, -0.1) is 0 Å². The molecular formula is C28H29N5O2. The Balaban J connectivity index is 1.42. The number of pyridine rings is 1. The predicted molar refractivity (Wildman–Crippen MR) is 135 cm³/mol. The Morgan fingerprint density at radius 2 is 1.69 bits per heavy atom. The van der Waals surface area contributed by atoms with E-state index in [1.807, 2.05) is 69.2 Å². The molecule has 7 nitrogen and oxygen atoms in total. The van der Waals surface area contributed by atoms with Crippen LogP contribution in [0.25, 0.3) is 10.9 Å². The number of carbonyl (C=O) groups excluding carboxylic acids is 2. The van der Waals surface area contributed by atoms with Crippen LogP contribution in [-0.2, 0) is 17.8 Å². The lowest BCUT2D eigenvalue weighted by Gasteiger charge is -2.25. The minimum Gasteiger partial charge on any atom is -0.341 e. The Bertz CT molecular complexity index is 1330. The highest BCUT2D eigenvalue weighted by Gasteiger charge is 2.29. The molecule has 1 fully saturated rings. The fraction of sp³-hybridized carbons (Fsp3) is 0.286. The zero-order valence-electron chi connectivity index (χ0n) is 19.9. The molecule has 5 rings (SSSR count). The van der Waals surface area contributed by atoms with Gasteiger partial charge in [0.15, 0.2) is 0 Å². The number of aromatic nitrogens is 3. The molecule has 0 spiro atoms. The topological polar surface area (TPSA) is 71.3 Å². The van der Waals surface area contributed by atoms with E-state index in [9.17, 15) is 9.59 Å². The Morgan fingerprint density at radius 1 is 0.886 bits per heavy atom. The van der Waals surface area contributed by atoms with Gasteiger partial charge >= 0.3 is 0 Å². The molecule has 2 aromatic carbocycles. The lowest BCUT2D eigenvalue weighted by molar-refractivity contribution is -0.129. The number of hydrogen-bond donors (Lipinski definition) is 0. The van der Waals surface area contributed by atoms with Crippen LogP contribution in [0, 0.1) is 5.92 Å². The van der Waals surface area contributed by atoms with Gasteiger partial charge in [0.05, 0.1) is 12.1 Å². The molecule has 1 aliphatic rings. The molecular weight excluding hydrogens is 438 g/mol. The van der Waals surface area contributed by atoms with Crippen LogP contribution in [-0.4, -0.2) is 62.6 Å². The molecule has 4 aromatic rings. The summed E-state index contributed by atoms with van der Waals surface area (Å²) in [4.78, 5) is 34.4. The number of hydrogen-bond acceptors (Lipinski definition) is 4. The lowest BCUT2D eigenvalue weighted by atomic mass is 9.95. The third kappa shape index (κ3) is 5.09. The van der Waals surface area contributed by atoms with Gasteiger partial charge in [0, 0.05) is 62.6 Å². The van der Waals surface area contributed by atoms with E-state index in [2.05, 4.69) is 22.2 Å². The summed E-state index contributed by atoms with van der Waals surface area (Å²) in [5.41, 5.74) is 3.78. The molecule has 178 valence electrons. The largest absolute Gasteiger partial charge is 0.341 e. The first-order chi connectivity index (χ1) is 17.1. The van der Waals surface area contributed by atoms with Crippen LogP contribution in [0.4, 0.5) is 0 Å². The molecule has 3 heterocycles. The molecule has 0 bridgehead atoms. The average Bonchev–Trinajstić information content (AvgIpc) is 3.29. The number of rotatable bonds is 5. The SMILES string of the molecule is CC(=O)N1CCN(C(=O)c2ccccc2Cn2cccn2)CC(Cc2cccc3ncccc23)C1. The summed E-state index contributed by atoms with van der Waals surface area (Å²) in [6, 6.07) is 19.8. The van der Waals surface area contributed by atoms with Crippen LogP contribution in [0.3, 0.4) is 0 Å². The van der Waals surface area contributed by atoms with Crippen molar-refractivity contribution in [3.63, 3.8) is 0 Å². The second kappa shape index (κ2) is 10.1. The molecule has 0 N–H and O–H groups in total. The molecule has 1 aliphatic heterocycles. The zero-order valence-corrected chi connectivity index (χ0v) is 19.9. The fourth-order valence-corrected chi connectivity index (χ4v) is 4.97. The highest BCUT2D eigenvalue weighted by Crippen LogP contribution is 2.23. The second-order valence-electron chi connectivity index (χ2n) is 9.13. The zero-order chi connectivity index (χ0) is 24.2. The number of fused-ring (bicyclic) bond motifs is 1. The highest BCUT2D eigenvalue weighted by atomic mass is 16.2. The molecule has 1 saturated heterocycles. The Kier molecular flexibility index (Phi) is 6.57. The van der Waals surface area contributed by atoms with Crippen LogP contribution in [0.15, 0.2) is 79.3 Å². The quantitative estimate of drug-likeness (QED) is 0.449. The molecule has 35 heavy (non-hydrogen) atoms. The normalized spacial score (nSPS) is 16.3. The minimum absolute atomic E-state index is 0.00254. The van der Waals surface area contributed by atoms with E-state index < -0.39 is 0 Å². The van der Waals surface area contributed by atoms with Crippen LogP contribution < -0.4 is 0 Å². The standard InChI is InChI=1S/C28H29N5O2/c1-21(34)31-15-16-32(28(35)26-9-3-2-7-24(26)20-33-14-6-13-30-33)19-22(18-31)17-23-8-4-11-27-25(23)10-5-12-29-27/h2-14,22H,15-20H2,1H3. The monoisotopic (exact) mass is 467 g/mol. The summed E-state index contributed by atoms with van der Waals surface area (Å²) in [5, 5.41) is 5.42. The number of amides is 2. The maximum Gasteiger partial charge on any atom is 0.254 e. The Morgan fingerprint density at radius 3 is 2.51 bits per heavy atom. The molecule has 0 saturated carbocycles. The molecule has 0 aliphatic carbocycles. The molecule has 7 heteroatoms. The van der Waals surface area contributed by atoms with Crippen LogP contribution in [0.1, 0.15) is 28.4 Å². The summed E-state index contributed by atoms with van der Waals surface area (Å²) < 4.78 is 1.82. The van der Waals surface area contributed by atoms with Gasteiger partial charge in [-0.05, 0) is 47.7 Å². The van der Waals surface area contributed by atoms with Gasteiger partial charge in [0.1, 0.15) is 0 Å². The van der Waals surface area contributed by atoms with Crippen molar-refractivity contribution in [1.82, 2.24) is 24.6 Å². The molecule has 2 amide bonds. The van der Waals surface area contributed by atoms with Crippen molar-refractivity contribution in [3.05, 3.63) is 95.9 Å². The summed E-state index contributed by atoms with van der Waals surface area (Å²) >= 11 is 0. The minimum atomic E-state index is 0.00254. The third-order valence-electron chi connectivity index (χ3n) is 6.71. The van der Waals surface area contributed by atoms with Crippen molar-refractivity contribution in [2.75, 3.05) is 26.2 Å². The lowest BCUT2D eigenvalue weighted by Crippen LogP contribution is -2.37. The maximum absolute atomic E-state index is 13.8. The van der Waals surface area contributed by atoms with Gasteiger partial charge in [-0.2, -0.15) is 5.10 Å². The van der Waals surface area contributed by atoms with Gasteiger partial charge < -0.3 is 9.80 Å². The smallest absolute Gasteiger partial charge is 0.254 e. The second-order valence-corrected chi connectivity index (χ2v) is 9.13. The van der Waals surface area contributed by atoms with E-state index in [-0.39, 0.29) is 17.7 Å². The van der Waals surface area contributed by atoms with Gasteiger partial charge in [-0.25, -0.2) is 0 Å². The van der Waals surface area contributed by atoms with Crippen molar-refractivity contribution in [3.8, 4) is 0 Å². The van der Waals surface area contributed by atoms with Crippen molar-refractivity contribution >= 4 is 22.7 Å². The van der Waals surface area contributed by atoms with Gasteiger partial charge in [-0.1, -0.05) is 36.4 Å². The molecule has 1 atom stereocenters. The van der Waals surface area contributed by atoms with E-state index in [0.717, 1.165) is 22.9 Å². The number of carbonyl (C=O) groups is 2. The molecule has 1 unspecified atom stereocenters. The summed E-state index contributed by atoms with van der Waals surface area (Å²) in [5.74, 6) is 0.167. The van der Waals surface area contributed by atoms with Crippen LogP contribution in [0.2, 0.25) is 0 Å². The predicted octanol–water partition coefficient (Wildman–Crippen LogP) is 3.64. The Hall–Kier alpha value is -4.00. The highest BCUT2D eigenvalue weighted by molar-refractivity contribution is 5.95. The van der Waals surface area contributed by atoms with E-state index in [1.165, 1.54) is 5.56 Å². The van der Waals surface area contributed by atoms with E-state index in [1.54, 1.807) is 19.3 Å². The van der Waals surface area contributed by atoms with Gasteiger partial charge in [-0.3, -0.25) is 19.3 Å². The summed E-state index contributed by atoms with van der Waals surface area (Å²) in [7, 11) is 0.